The van der Waals surface area contributed by atoms with Crippen LogP contribution in [-0.4, -0.2) is 46.7 Å². The number of amides is 1. The van der Waals surface area contributed by atoms with E-state index >= 15 is 0 Å². The fraction of sp³-hybridized carbons (Fsp3) is 0.600. The average molecular weight is 376 g/mol. The number of aromatic nitrogens is 1. The van der Waals surface area contributed by atoms with Gasteiger partial charge in [-0.15, -0.1) is 0 Å². The molecule has 0 radical (unpaired) electrons. The molecule has 27 heavy (non-hydrogen) atoms. The minimum absolute atomic E-state index is 0.369. The number of pyridine rings is 1. The van der Waals surface area contributed by atoms with Gasteiger partial charge in [0.1, 0.15) is 5.82 Å². The number of hydrogen-bond donors (Lipinski definition) is 3. The van der Waals surface area contributed by atoms with Gasteiger partial charge >= 0.3 is 5.91 Å². The Balaban J connectivity index is 1.51. The van der Waals surface area contributed by atoms with Gasteiger partial charge < -0.3 is 10.2 Å². The Kier molecular flexibility index (Phi) is 7.18. The molecule has 3 rings (SSSR count). The van der Waals surface area contributed by atoms with E-state index in [4.69, 9.17) is 5.21 Å². The van der Waals surface area contributed by atoms with E-state index in [-0.39, 0.29) is 0 Å². The summed E-state index contributed by atoms with van der Waals surface area (Å²) >= 11 is 0. The van der Waals surface area contributed by atoms with Crippen LogP contribution in [0.4, 0.5) is 10.2 Å². The second-order valence-corrected chi connectivity index (χ2v) is 7.66. The zero-order chi connectivity index (χ0) is 19.1. The molecular weight excluding hydrogens is 347 g/mol. The predicted molar refractivity (Wildman–Crippen MR) is 103 cm³/mol. The standard InChI is InChI=1S/C20H29FN4O2/c21-18(20(26)24-27)11-16-8-9-19(22-12-16)23-17-7-4-10-25(14-17)13-15-5-2-1-3-6-15/h8-9,11-12,15,17,27H,1-7,10,13-14H2,(H,22,23)(H,24,26)/b18-11-/t17-/m1/s1. The van der Waals surface area contributed by atoms with Crippen molar-refractivity contribution in [1.29, 1.82) is 0 Å². The molecule has 2 heterocycles. The molecule has 148 valence electrons. The molecular formula is C20H29FN4O2. The largest absolute Gasteiger partial charge is 0.366 e. The summed E-state index contributed by atoms with van der Waals surface area (Å²) in [4.78, 5) is 17.9. The van der Waals surface area contributed by atoms with Crippen molar-refractivity contribution in [3.8, 4) is 0 Å². The highest BCUT2D eigenvalue weighted by Crippen LogP contribution is 2.26. The summed E-state index contributed by atoms with van der Waals surface area (Å²) in [5.74, 6) is -0.625. The maximum absolute atomic E-state index is 13.4. The Morgan fingerprint density at radius 1 is 1.26 bits per heavy atom. The lowest BCUT2D eigenvalue weighted by Crippen LogP contribution is -2.44. The van der Waals surface area contributed by atoms with Crippen molar-refractivity contribution < 1.29 is 14.4 Å². The highest BCUT2D eigenvalue weighted by Gasteiger charge is 2.23. The highest BCUT2D eigenvalue weighted by molar-refractivity contribution is 5.94. The fourth-order valence-electron chi connectivity index (χ4n) is 4.12. The molecule has 6 nitrogen and oxygen atoms in total. The summed E-state index contributed by atoms with van der Waals surface area (Å²) in [5.41, 5.74) is 1.73. The number of anilines is 1. The first-order valence-corrected chi connectivity index (χ1v) is 9.90. The van der Waals surface area contributed by atoms with Crippen LogP contribution in [0.2, 0.25) is 0 Å². The SMILES string of the molecule is O=C(NO)/C(F)=C/c1ccc(N[C@@H]2CCCN(CC3CCCCC3)C2)nc1. The molecule has 1 aliphatic carbocycles. The van der Waals surface area contributed by atoms with Gasteiger partial charge in [0.2, 0.25) is 0 Å². The molecule has 0 unspecified atom stereocenters. The summed E-state index contributed by atoms with van der Waals surface area (Å²) in [6.07, 6.45) is 11.8. The van der Waals surface area contributed by atoms with Gasteiger partial charge in [0.25, 0.3) is 0 Å². The van der Waals surface area contributed by atoms with Crippen LogP contribution in [0.5, 0.6) is 0 Å². The van der Waals surface area contributed by atoms with Crippen LogP contribution in [-0.2, 0) is 4.79 Å². The highest BCUT2D eigenvalue weighted by atomic mass is 19.1. The van der Waals surface area contributed by atoms with Crippen LogP contribution in [0.25, 0.3) is 6.08 Å². The van der Waals surface area contributed by atoms with Crippen LogP contribution >= 0.6 is 0 Å². The van der Waals surface area contributed by atoms with E-state index in [0.717, 1.165) is 30.8 Å². The molecule has 1 aliphatic heterocycles. The van der Waals surface area contributed by atoms with Crippen molar-refractivity contribution in [2.75, 3.05) is 25.0 Å². The number of piperidine rings is 1. The molecule has 1 aromatic heterocycles. The Morgan fingerprint density at radius 3 is 2.78 bits per heavy atom. The van der Waals surface area contributed by atoms with Crippen molar-refractivity contribution >= 4 is 17.8 Å². The first-order valence-electron chi connectivity index (χ1n) is 9.90. The first kappa shape index (κ1) is 19.8. The van der Waals surface area contributed by atoms with Crippen LogP contribution in [0.1, 0.15) is 50.5 Å². The van der Waals surface area contributed by atoms with Crippen molar-refractivity contribution in [3.05, 3.63) is 29.7 Å². The minimum atomic E-state index is -1.17. The van der Waals surface area contributed by atoms with Gasteiger partial charge in [0.15, 0.2) is 5.83 Å². The monoisotopic (exact) mass is 376 g/mol. The third-order valence-corrected chi connectivity index (χ3v) is 5.50. The third-order valence-electron chi connectivity index (χ3n) is 5.50. The molecule has 7 heteroatoms. The van der Waals surface area contributed by atoms with Crippen LogP contribution < -0.4 is 10.8 Å². The molecule has 3 N–H and O–H groups in total. The third kappa shape index (κ3) is 6.01. The van der Waals surface area contributed by atoms with E-state index in [2.05, 4.69) is 15.2 Å². The van der Waals surface area contributed by atoms with Gasteiger partial charge in [-0.1, -0.05) is 19.3 Å². The van der Waals surface area contributed by atoms with Crippen molar-refractivity contribution in [2.45, 2.75) is 51.0 Å². The van der Waals surface area contributed by atoms with Crippen LogP contribution in [0.15, 0.2) is 24.2 Å². The van der Waals surface area contributed by atoms with Gasteiger partial charge in [-0.3, -0.25) is 10.0 Å². The Bertz CT molecular complexity index is 644. The van der Waals surface area contributed by atoms with Gasteiger partial charge in [-0.25, -0.2) is 14.9 Å². The number of carbonyl (C=O) groups is 1. The quantitative estimate of drug-likeness (QED) is 0.403. The second kappa shape index (κ2) is 9.80. The first-order chi connectivity index (χ1) is 13.1. The van der Waals surface area contributed by atoms with Gasteiger partial charge in [0, 0.05) is 25.3 Å². The van der Waals surface area contributed by atoms with Crippen molar-refractivity contribution in [1.82, 2.24) is 15.4 Å². The van der Waals surface area contributed by atoms with E-state index in [0.29, 0.717) is 11.6 Å². The molecule has 0 aromatic carbocycles. The Labute approximate surface area is 159 Å². The number of rotatable bonds is 6. The molecule has 1 saturated carbocycles. The van der Waals surface area contributed by atoms with Gasteiger partial charge in [-0.05, 0) is 61.9 Å². The second-order valence-electron chi connectivity index (χ2n) is 7.66. The maximum Gasteiger partial charge on any atom is 0.303 e. The van der Waals surface area contributed by atoms with Crippen LogP contribution in [0.3, 0.4) is 0 Å². The fourth-order valence-corrected chi connectivity index (χ4v) is 4.12. The van der Waals surface area contributed by atoms with Gasteiger partial charge in [0.05, 0.1) is 0 Å². The van der Waals surface area contributed by atoms with Gasteiger partial charge in [-0.2, -0.15) is 0 Å². The number of hydroxylamine groups is 1. The van der Waals surface area contributed by atoms with E-state index in [1.54, 1.807) is 12.1 Å². The summed E-state index contributed by atoms with van der Waals surface area (Å²) in [7, 11) is 0. The normalized spacial score (nSPS) is 22.4. The molecule has 0 bridgehead atoms. The summed E-state index contributed by atoms with van der Waals surface area (Å²) < 4.78 is 13.4. The molecule has 1 saturated heterocycles. The zero-order valence-corrected chi connectivity index (χ0v) is 15.7. The molecule has 1 amide bonds. The molecule has 1 aromatic rings. The number of carbonyl (C=O) groups excluding carboxylic acids is 1. The van der Waals surface area contributed by atoms with Crippen molar-refractivity contribution in [3.63, 3.8) is 0 Å². The lowest BCUT2D eigenvalue weighted by molar-refractivity contribution is -0.126. The minimum Gasteiger partial charge on any atom is -0.366 e. The van der Waals surface area contributed by atoms with Crippen molar-refractivity contribution in [2.24, 2.45) is 5.92 Å². The summed E-state index contributed by atoms with van der Waals surface area (Å²) in [5, 5.41) is 11.9. The number of nitrogens with one attached hydrogen (secondary N) is 2. The lowest BCUT2D eigenvalue weighted by atomic mass is 9.88. The average Bonchev–Trinajstić information content (AvgIpc) is 2.70. The number of halogens is 1. The van der Waals surface area contributed by atoms with E-state index < -0.39 is 11.7 Å². The molecule has 0 spiro atoms. The number of nitrogens with zero attached hydrogens (tertiary/aromatic N) is 2. The smallest absolute Gasteiger partial charge is 0.303 e. The summed E-state index contributed by atoms with van der Waals surface area (Å²) in [6, 6.07) is 3.85. The van der Waals surface area contributed by atoms with E-state index in [1.807, 2.05) is 0 Å². The Hall–Kier alpha value is -1.99. The number of hydrogen-bond acceptors (Lipinski definition) is 5. The van der Waals surface area contributed by atoms with Crippen LogP contribution in [0, 0.1) is 5.92 Å². The zero-order valence-electron chi connectivity index (χ0n) is 15.7. The van der Waals surface area contributed by atoms with E-state index in [1.165, 1.54) is 63.3 Å². The van der Waals surface area contributed by atoms with E-state index in [9.17, 15) is 9.18 Å². The lowest BCUT2D eigenvalue weighted by Gasteiger charge is -2.36. The Morgan fingerprint density at radius 2 is 2.07 bits per heavy atom. The molecule has 1 atom stereocenters. The number of likely N-dealkylation sites (tertiary alicyclic amines) is 1. The topological polar surface area (TPSA) is 77.5 Å². The predicted octanol–water partition coefficient (Wildman–Crippen LogP) is 3.35. The molecule has 2 aliphatic rings. The maximum atomic E-state index is 13.4. The molecule has 2 fully saturated rings. The summed E-state index contributed by atoms with van der Waals surface area (Å²) in [6.45, 7) is 3.42.